The van der Waals surface area contributed by atoms with Gasteiger partial charge in [-0.2, -0.15) is 5.10 Å². The van der Waals surface area contributed by atoms with E-state index in [1.807, 2.05) is 38.2 Å². The largest absolute Gasteiger partial charge is 0.497 e. The maximum absolute atomic E-state index is 12.7. The average molecular weight is 473 g/mol. The summed E-state index contributed by atoms with van der Waals surface area (Å²) in [7, 11) is 3.43. The topological polar surface area (TPSA) is 86.6 Å². The van der Waals surface area contributed by atoms with E-state index >= 15 is 0 Å². The lowest BCUT2D eigenvalue weighted by atomic mass is 10.1. The number of benzene rings is 2. The molecule has 8 nitrogen and oxygen atoms in total. The molecule has 1 aromatic heterocycles. The molecule has 0 saturated carbocycles. The lowest BCUT2D eigenvalue weighted by Gasteiger charge is -2.17. The first-order valence-electron chi connectivity index (χ1n) is 10.6. The smallest absolute Gasteiger partial charge is 0.255 e. The lowest BCUT2D eigenvalue weighted by Crippen LogP contribution is -2.32. The van der Waals surface area contributed by atoms with Crippen LogP contribution in [0.25, 0.3) is 11.3 Å². The molecule has 0 saturated heterocycles. The standard InChI is InChI=1S/C24H29ClN4O4/c1-17(32-13-10-25)26-12-14-33-23-8-7-19(16-21(23)22-9-11-27-29(22)2)28-24(30)18-5-4-6-20(15-18)31-3/h4-9,11,15-17,26H,10,12-14H2,1-3H3,(H,28,30). The fourth-order valence-electron chi connectivity index (χ4n) is 3.24. The zero-order valence-corrected chi connectivity index (χ0v) is 19.8. The maximum atomic E-state index is 12.7. The fourth-order valence-corrected chi connectivity index (χ4v) is 3.33. The Morgan fingerprint density at radius 3 is 2.76 bits per heavy atom. The van der Waals surface area contributed by atoms with Gasteiger partial charge in [-0.05, 0) is 49.4 Å². The third-order valence-corrected chi connectivity index (χ3v) is 5.06. The van der Waals surface area contributed by atoms with Crippen LogP contribution in [0, 0.1) is 0 Å². The van der Waals surface area contributed by atoms with Crippen molar-refractivity contribution in [2.75, 3.05) is 38.1 Å². The predicted molar refractivity (Wildman–Crippen MR) is 129 cm³/mol. The van der Waals surface area contributed by atoms with Crippen LogP contribution >= 0.6 is 11.6 Å². The Balaban J connectivity index is 1.72. The van der Waals surface area contributed by atoms with Crippen molar-refractivity contribution in [3.05, 3.63) is 60.3 Å². The Morgan fingerprint density at radius 1 is 1.18 bits per heavy atom. The molecular formula is C24H29ClN4O4. The van der Waals surface area contributed by atoms with Crippen LogP contribution < -0.4 is 20.1 Å². The van der Waals surface area contributed by atoms with Crippen LogP contribution in [-0.2, 0) is 11.8 Å². The van der Waals surface area contributed by atoms with E-state index in [1.54, 1.807) is 42.3 Å². The molecule has 0 bridgehead atoms. The fraction of sp³-hybridized carbons (Fsp3) is 0.333. The summed E-state index contributed by atoms with van der Waals surface area (Å²) in [5.41, 5.74) is 2.85. The van der Waals surface area contributed by atoms with Crippen molar-refractivity contribution in [3.8, 4) is 22.8 Å². The number of alkyl halides is 1. The van der Waals surface area contributed by atoms with Gasteiger partial charge in [0.05, 0.1) is 19.4 Å². The van der Waals surface area contributed by atoms with Crippen LogP contribution in [0.4, 0.5) is 5.69 Å². The quantitative estimate of drug-likeness (QED) is 0.236. The van der Waals surface area contributed by atoms with Crippen molar-refractivity contribution in [3.63, 3.8) is 0 Å². The van der Waals surface area contributed by atoms with E-state index in [4.69, 9.17) is 25.8 Å². The van der Waals surface area contributed by atoms with Crippen LogP contribution in [0.2, 0.25) is 0 Å². The number of rotatable bonds is 12. The molecule has 1 amide bonds. The van der Waals surface area contributed by atoms with Crippen LogP contribution in [-0.4, -0.2) is 54.7 Å². The zero-order valence-electron chi connectivity index (χ0n) is 19.0. The highest BCUT2D eigenvalue weighted by Gasteiger charge is 2.14. The van der Waals surface area contributed by atoms with E-state index in [1.165, 1.54) is 0 Å². The monoisotopic (exact) mass is 472 g/mol. The molecule has 33 heavy (non-hydrogen) atoms. The van der Waals surface area contributed by atoms with E-state index in [0.29, 0.717) is 48.4 Å². The van der Waals surface area contributed by atoms with Crippen molar-refractivity contribution < 1.29 is 19.0 Å². The van der Waals surface area contributed by atoms with Crippen molar-refractivity contribution in [2.45, 2.75) is 13.2 Å². The predicted octanol–water partition coefficient (Wildman–Crippen LogP) is 3.92. The molecular weight excluding hydrogens is 444 g/mol. The molecule has 0 aliphatic rings. The molecule has 2 N–H and O–H groups in total. The third kappa shape index (κ3) is 6.95. The lowest BCUT2D eigenvalue weighted by molar-refractivity contribution is 0.0507. The molecule has 1 heterocycles. The maximum Gasteiger partial charge on any atom is 0.255 e. The number of halogens is 1. The van der Waals surface area contributed by atoms with E-state index in [-0.39, 0.29) is 12.1 Å². The highest BCUT2D eigenvalue weighted by molar-refractivity contribution is 6.17. The summed E-state index contributed by atoms with van der Waals surface area (Å²) in [6.07, 6.45) is 1.61. The van der Waals surface area contributed by atoms with Gasteiger partial charge in [-0.1, -0.05) is 6.07 Å². The first-order valence-corrected chi connectivity index (χ1v) is 11.2. The Kier molecular flexibility index (Phi) is 9.12. The Hall–Kier alpha value is -3.07. The van der Waals surface area contributed by atoms with E-state index in [0.717, 1.165) is 11.3 Å². The van der Waals surface area contributed by atoms with Gasteiger partial charge in [0.2, 0.25) is 0 Å². The van der Waals surface area contributed by atoms with Gasteiger partial charge >= 0.3 is 0 Å². The number of hydrogen-bond acceptors (Lipinski definition) is 6. The summed E-state index contributed by atoms with van der Waals surface area (Å²) in [6.45, 7) is 3.45. The van der Waals surface area contributed by atoms with Crippen molar-refractivity contribution in [2.24, 2.45) is 7.05 Å². The van der Waals surface area contributed by atoms with Crippen molar-refractivity contribution >= 4 is 23.2 Å². The van der Waals surface area contributed by atoms with E-state index in [2.05, 4.69) is 15.7 Å². The third-order valence-electron chi connectivity index (χ3n) is 4.90. The van der Waals surface area contributed by atoms with Crippen LogP contribution in [0.1, 0.15) is 17.3 Å². The number of methoxy groups -OCH3 is 1. The number of aryl methyl sites for hydroxylation is 1. The number of hydrogen-bond donors (Lipinski definition) is 2. The summed E-state index contributed by atoms with van der Waals surface area (Å²) < 4.78 is 18.5. The molecule has 9 heteroatoms. The van der Waals surface area contributed by atoms with Gasteiger partial charge in [0.1, 0.15) is 24.3 Å². The molecule has 2 aromatic carbocycles. The van der Waals surface area contributed by atoms with Gasteiger partial charge < -0.3 is 19.5 Å². The number of carbonyl (C=O) groups is 1. The molecule has 0 aliphatic carbocycles. The first kappa shape index (κ1) is 24.6. The Morgan fingerprint density at radius 2 is 2.03 bits per heavy atom. The number of anilines is 1. The number of amides is 1. The minimum absolute atomic E-state index is 0.113. The molecule has 3 aromatic rings. The van der Waals surface area contributed by atoms with Gasteiger partial charge in [0.25, 0.3) is 5.91 Å². The summed E-state index contributed by atoms with van der Waals surface area (Å²) in [5.74, 6) is 1.54. The number of nitrogens with zero attached hydrogens (tertiary/aromatic N) is 2. The van der Waals surface area contributed by atoms with Crippen LogP contribution in [0.3, 0.4) is 0 Å². The number of nitrogens with one attached hydrogen (secondary N) is 2. The second kappa shape index (κ2) is 12.2. The van der Waals surface area contributed by atoms with E-state index < -0.39 is 0 Å². The minimum Gasteiger partial charge on any atom is -0.497 e. The van der Waals surface area contributed by atoms with Gasteiger partial charge in [-0.15, -0.1) is 11.6 Å². The first-order chi connectivity index (χ1) is 16.0. The molecule has 1 unspecified atom stereocenters. The average Bonchev–Trinajstić information content (AvgIpc) is 3.26. The van der Waals surface area contributed by atoms with Gasteiger partial charge in [0, 0.05) is 42.5 Å². The van der Waals surface area contributed by atoms with Crippen molar-refractivity contribution in [1.29, 1.82) is 0 Å². The van der Waals surface area contributed by atoms with Crippen LogP contribution in [0.15, 0.2) is 54.7 Å². The second-order valence-corrected chi connectivity index (χ2v) is 7.62. The van der Waals surface area contributed by atoms with Gasteiger partial charge in [-0.3, -0.25) is 14.8 Å². The number of carbonyl (C=O) groups excluding carboxylic acids is 1. The van der Waals surface area contributed by atoms with Crippen LogP contribution in [0.5, 0.6) is 11.5 Å². The molecule has 0 fully saturated rings. The molecule has 176 valence electrons. The number of ether oxygens (including phenoxy) is 3. The SMILES string of the molecule is COc1cccc(C(=O)Nc2ccc(OCCNC(C)OCCCl)c(-c3ccnn3C)c2)c1. The summed E-state index contributed by atoms with van der Waals surface area (Å²) >= 11 is 5.64. The second-order valence-electron chi connectivity index (χ2n) is 7.24. The van der Waals surface area contributed by atoms with Crippen molar-refractivity contribution in [1.82, 2.24) is 15.1 Å². The zero-order chi connectivity index (χ0) is 23.6. The molecule has 0 radical (unpaired) electrons. The normalized spacial score (nSPS) is 11.8. The summed E-state index contributed by atoms with van der Waals surface area (Å²) in [6, 6.07) is 14.4. The molecule has 0 spiro atoms. The number of aromatic nitrogens is 2. The van der Waals surface area contributed by atoms with E-state index in [9.17, 15) is 4.79 Å². The highest BCUT2D eigenvalue weighted by atomic mass is 35.5. The Labute approximate surface area is 198 Å². The minimum atomic E-state index is -0.228. The molecule has 3 rings (SSSR count). The highest BCUT2D eigenvalue weighted by Crippen LogP contribution is 2.32. The Bertz CT molecular complexity index is 1060. The molecule has 1 atom stereocenters. The van der Waals surface area contributed by atoms with Gasteiger partial charge in [-0.25, -0.2) is 0 Å². The molecule has 0 aliphatic heterocycles. The summed E-state index contributed by atoms with van der Waals surface area (Å²) in [4.78, 5) is 12.7. The van der Waals surface area contributed by atoms with Gasteiger partial charge in [0.15, 0.2) is 0 Å². The summed E-state index contributed by atoms with van der Waals surface area (Å²) in [5, 5.41) is 10.4.